The molecular formula is C11H24N2O3S. The van der Waals surface area contributed by atoms with E-state index in [0.717, 1.165) is 25.9 Å². The van der Waals surface area contributed by atoms with E-state index < -0.39 is 10.0 Å². The van der Waals surface area contributed by atoms with Crippen molar-refractivity contribution in [1.29, 1.82) is 0 Å². The van der Waals surface area contributed by atoms with Gasteiger partial charge in [0.25, 0.3) is 0 Å². The van der Waals surface area contributed by atoms with Crippen molar-refractivity contribution in [3.8, 4) is 0 Å². The molecule has 1 fully saturated rings. The monoisotopic (exact) mass is 264 g/mol. The summed E-state index contributed by atoms with van der Waals surface area (Å²) in [6.07, 6.45) is 1.94. The van der Waals surface area contributed by atoms with Gasteiger partial charge in [-0.1, -0.05) is 0 Å². The Balaban J connectivity index is 2.52. The van der Waals surface area contributed by atoms with E-state index >= 15 is 0 Å². The number of methoxy groups -OCH3 is 1. The van der Waals surface area contributed by atoms with E-state index in [9.17, 15) is 8.42 Å². The van der Waals surface area contributed by atoms with Crippen LogP contribution in [0.15, 0.2) is 0 Å². The normalized spacial score (nSPS) is 22.5. The Bertz CT molecular complexity index is 319. The quantitative estimate of drug-likeness (QED) is 0.667. The lowest BCUT2D eigenvalue weighted by molar-refractivity contribution is 0.151. The molecular weight excluding hydrogens is 240 g/mol. The summed E-state index contributed by atoms with van der Waals surface area (Å²) in [5.74, 6) is 0.200. The third kappa shape index (κ3) is 4.21. The zero-order chi connectivity index (χ0) is 12.9. The lowest BCUT2D eigenvalue weighted by Gasteiger charge is -2.27. The van der Waals surface area contributed by atoms with Crippen LogP contribution in [0.4, 0.5) is 0 Å². The molecule has 0 amide bonds. The van der Waals surface area contributed by atoms with Crippen LogP contribution in [0, 0.1) is 0 Å². The summed E-state index contributed by atoms with van der Waals surface area (Å²) < 4.78 is 30.5. The van der Waals surface area contributed by atoms with Crippen molar-refractivity contribution in [2.24, 2.45) is 0 Å². The fourth-order valence-electron chi connectivity index (χ4n) is 2.22. The summed E-state index contributed by atoms with van der Waals surface area (Å²) in [7, 11) is 0.648. The van der Waals surface area contributed by atoms with Crippen molar-refractivity contribution in [3.05, 3.63) is 0 Å². The van der Waals surface area contributed by atoms with Gasteiger partial charge >= 0.3 is 0 Å². The highest BCUT2D eigenvalue weighted by atomic mass is 32.2. The molecule has 0 aromatic rings. The molecule has 0 radical (unpaired) electrons. The molecule has 0 N–H and O–H groups in total. The number of sulfonamides is 1. The lowest BCUT2D eigenvalue weighted by atomic mass is 10.2. The first-order valence-corrected chi connectivity index (χ1v) is 7.79. The van der Waals surface area contributed by atoms with E-state index in [1.807, 2.05) is 7.05 Å². The highest BCUT2D eigenvalue weighted by Gasteiger charge is 2.33. The molecule has 102 valence electrons. The number of hydrogen-bond acceptors (Lipinski definition) is 4. The van der Waals surface area contributed by atoms with E-state index in [-0.39, 0.29) is 11.8 Å². The fourth-order valence-corrected chi connectivity index (χ4v) is 3.59. The van der Waals surface area contributed by atoms with Crippen LogP contribution in [-0.4, -0.2) is 69.8 Å². The van der Waals surface area contributed by atoms with Gasteiger partial charge in [-0.3, -0.25) is 0 Å². The average Bonchev–Trinajstić information content (AvgIpc) is 2.75. The Labute approximate surface area is 105 Å². The number of nitrogens with zero attached hydrogens (tertiary/aromatic N) is 2. The SMILES string of the molecule is CCS(=O)(=O)N1CCC[C@H]1CN(C)CCOC. The van der Waals surface area contributed by atoms with E-state index in [2.05, 4.69) is 4.90 Å². The minimum atomic E-state index is -3.04. The van der Waals surface area contributed by atoms with Crippen molar-refractivity contribution in [3.63, 3.8) is 0 Å². The molecule has 0 aromatic carbocycles. The molecule has 0 spiro atoms. The standard InChI is InChI=1S/C11H24N2O3S/c1-4-17(14,15)13-7-5-6-11(13)10-12(2)8-9-16-3/h11H,4-10H2,1-3H3/t11-/m0/s1. The van der Waals surface area contributed by atoms with Crippen LogP contribution in [0.1, 0.15) is 19.8 Å². The Morgan fingerprint density at radius 3 is 2.76 bits per heavy atom. The summed E-state index contributed by atoms with van der Waals surface area (Å²) in [5.41, 5.74) is 0. The van der Waals surface area contributed by atoms with Gasteiger partial charge in [-0.2, -0.15) is 4.31 Å². The molecule has 17 heavy (non-hydrogen) atoms. The summed E-state index contributed by atoms with van der Waals surface area (Å²) in [4.78, 5) is 2.14. The second-order valence-electron chi connectivity index (χ2n) is 4.56. The molecule has 5 nitrogen and oxygen atoms in total. The number of hydrogen-bond donors (Lipinski definition) is 0. The summed E-state index contributed by atoms with van der Waals surface area (Å²) in [6.45, 7) is 4.71. The summed E-state index contributed by atoms with van der Waals surface area (Å²) in [5, 5.41) is 0. The largest absolute Gasteiger partial charge is 0.383 e. The minimum Gasteiger partial charge on any atom is -0.383 e. The van der Waals surface area contributed by atoms with E-state index in [4.69, 9.17) is 4.74 Å². The molecule has 0 aliphatic carbocycles. The fraction of sp³-hybridized carbons (Fsp3) is 1.00. The minimum absolute atomic E-state index is 0.141. The van der Waals surface area contributed by atoms with Gasteiger partial charge in [0.15, 0.2) is 0 Å². The van der Waals surface area contributed by atoms with Crippen molar-refractivity contribution in [2.45, 2.75) is 25.8 Å². The first-order chi connectivity index (χ1) is 8.01. The van der Waals surface area contributed by atoms with Gasteiger partial charge < -0.3 is 9.64 Å². The molecule has 1 saturated heterocycles. The van der Waals surface area contributed by atoms with Gasteiger partial charge in [0.05, 0.1) is 12.4 Å². The molecule has 1 aliphatic rings. The molecule has 1 heterocycles. The summed E-state index contributed by atoms with van der Waals surface area (Å²) in [6, 6.07) is 0.141. The predicted molar refractivity (Wildman–Crippen MR) is 68.6 cm³/mol. The van der Waals surface area contributed by atoms with Crippen LogP contribution < -0.4 is 0 Å². The maximum atomic E-state index is 11.9. The van der Waals surface area contributed by atoms with Crippen molar-refractivity contribution in [1.82, 2.24) is 9.21 Å². The summed E-state index contributed by atoms with van der Waals surface area (Å²) >= 11 is 0. The van der Waals surface area contributed by atoms with E-state index in [0.29, 0.717) is 13.2 Å². The Morgan fingerprint density at radius 1 is 1.47 bits per heavy atom. The second-order valence-corrected chi connectivity index (χ2v) is 6.77. The van der Waals surface area contributed by atoms with Gasteiger partial charge in [0.1, 0.15) is 0 Å². The predicted octanol–water partition coefficient (Wildman–Crippen LogP) is 0.379. The second kappa shape index (κ2) is 6.68. The van der Waals surface area contributed by atoms with Crippen LogP contribution in [0.2, 0.25) is 0 Å². The molecule has 1 atom stereocenters. The highest BCUT2D eigenvalue weighted by Crippen LogP contribution is 2.21. The molecule has 0 unspecified atom stereocenters. The van der Waals surface area contributed by atoms with Gasteiger partial charge in [0.2, 0.25) is 10.0 Å². The van der Waals surface area contributed by atoms with Gasteiger partial charge in [-0.05, 0) is 26.8 Å². The third-order valence-electron chi connectivity index (χ3n) is 3.24. The van der Waals surface area contributed by atoms with Crippen LogP contribution in [0.5, 0.6) is 0 Å². The van der Waals surface area contributed by atoms with Crippen LogP contribution in [0.25, 0.3) is 0 Å². The van der Waals surface area contributed by atoms with Gasteiger partial charge in [0, 0.05) is 32.8 Å². The zero-order valence-corrected chi connectivity index (χ0v) is 11.9. The van der Waals surface area contributed by atoms with E-state index in [1.54, 1.807) is 18.3 Å². The number of rotatable bonds is 7. The van der Waals surface area contributed by atoms with Crippen LogP contribution >= 0.6 is 0 Å². The first-order valence-electron chi connectivity index (χ1n) is 6.18. The Kier molecular flexibility index (Phi) is 5.85. The molecule has 1 aliphatic heterocycles. The first kappa shape index (κ1) is 14.9. The van der Waals surface area contributed by atoms with Crippen LogP contribution in [0.3, 0.4) is 0 Å². The van der Waals surface area contributed by atoms with Crippen molar-refractivity contribution >= 4 is 10.0 Å². The number of likely N-dealkylation sites (N-methyl/N-ethyl adjacent to an activating group) is 1. The molecule has 0 aromatic heterocycles. The van der Waals surface area contributed by atoms with Crippen LogP contribution in [-0.2, 0) is 14.8 Å². The Morgan fingerprint density at radius 2 is 2.18 bits per heavy atom. The zero-order valence-electron chi connectivity index (χ0n) is 11.1. The van der Waals surface area contributed by atoms with Gasteiger partial charge in [-0.15, -0.1) is 0 Å². The van der Waals surface area contributed by atoms with Crippen molar-refractivity contribution < 1.29 is 13.2 Å². The number of ether oxygens (including phenoxy) is 1. The van der Waals surface area contributed by atoms with Gasteiger partial charge in [-0.25, -0.2) is 8.42 Å². The van der Waals surface area contributed by atoms with Crippen molar-refractivity contribution in [2.75, 3.05) is 46.2 Å². The molecule has 6 heteroatoms. The Hall–Kier alpha value is -0.170. The lowest BCUT2D eigenvalue weighted by Crippen LogP contribution is -2.43. The topological polar surface area (TPSA) is 49.9 Å². The smallest absolute Gasteiger partial charge is 0.214 e. The molecule has 1 rings (SSSR count). The maximum absolute atomic E-state index is 11.9. The van der Waals surface area contributed by atoms with E-state index in [1.165, 1.54) is 0 Å². The third-order valence-corrected chi connectivity index (χ3v) is 5.17. The average molecular weight is 264 g/mol. The highest BCUT2D eigenvalue weighted by molar-refractivity contribution is 7.89. The molecule has 0 bridgehead atoms. The maximum Gasteiger partial charge on any atom is 0.214 e. The molecule has 0 saturated carbocycles.